The molecular formula is C34H37FN6O3. The molecule has 44 heavy (non-hydrogen) atoms. The van der Waals surface area contributed by atoms with Crippen LogP contribution in [0.15, 0.2) is 72.9 Å². The Hall–Kier alpha value is -4.70. The predicted molar refractivity (Wildman–Crippen MR) is 169 cm³/mol. The standard InChI is InChI=1S/C34H37FN6O3/c1-22(28-19-36-29-7-5-4-6-27(28)29)32(33(43)41-15-14-24-9-8-23(18-30(24)41)20-38(2)3)37-34(44)39-16-17-40(31(42)21-39)26-12-10-25(35)11-13-26/h4-13,18-19,22,32,36H,14-17,20-21H2,1-3H3,(H,37,44)/t22-,32-/m1/s1. The van der Waals surface area contributed by atoms with Gasteiger partial charge in [0, 0.05) is 60.6 Å². The van der Waals surface area contributed by atoms with Gasteiger partial charge in [0.2, 0.25) is 11.8 Å². The maximum absolute atomic E-state index is 14.4. The van der Waals surface area contributed by atoms with Crippen molar-refractivity contribution in [2.24, 2.45) is 0 Å². The Labute approximate surface area is 256 Å². The van der Waals surface area contributed by atoms with Crippen LogP contribution in [0.4, 0.5) is 20.6 Å². The number of benzene rings is 3. The fourth-order valence-electron chi connectivity index (χ4n) is 6.30. The molecular weight excluding hydrogens is 559 g/mol. The summed E-state index contributed by atoms with van der Waals surface area (Å²) in [5.41, 5.74) is 5.55. The van der Waals surface area contributed by atoms with Gasteiger partial charge >= 0.3 is 6.03 Å². The Kier molecular flexibility index (Phi) is 8.09. The van der Waals surface area contributed by atoms with E-state index in [2.05, 4.69) is 33.4 Å². The van der Waals surface area contributed by atoms with Crippen molar-refractivity contribution in [1.29, 1.82) is 0 Å². The number of piperazine rings is 1. The summed E-state index contributed by atoms with van der Waals surface area (Å²) >= 11 is 0. The number of urea groups is 1. The normalized spacial score (nSPS) is 16.4. The van der Waals surface area contributed by atoms with Crippen LogP contribution in [-0.4, -0.2) is 78.9 Å². The topological polar surface area (TPSA) is 92.0 Å². The highest BCUT2D eigenvalue weighted by atomic mass is 19.1. The van der Waals surface area contributed by atoms with Gasteiger partial charge in [-0.25, -0.2) is 9.18 Å². The van der Waals surface area contributed by atoms with Gasteiger partial charge in [0.15, 0.2) is 0 Å². The molecule has 0 unspecified atom stereocenters. The maximum Gasteiger partial charge on any atom is 0.318 e. The van der Waals surface area contributed by atoms with E-state index in [0.717, 1.165) is 46.2 Å². The number of hydrogen-bond acceptors (Lipinski definition) is 4. The molecule has 2 atom stereocenters. The lowest BCUT2D eigenvalue weighted by molar-refractivity contribution is -0.120. The van der Waals surface area contributed by atoms with Gasteiger partial charge < -0.3 is 29.9 Å². The minimum absolute atomic E-state index is 0.147. The average Bonchev–Trinajstić information content (AvgIpc) is 3.64. The molecule has 0 aliphatic carbocycles. The Morgan fingerprint density at radius 1 is 1.02 bits per heavy atom. The molecule has 4 amide bonds. The van der Waals surface area contributed by atoms with Gasteiger partial charge in [0.25, 0.3) is 0 Å². The molecule has 2 aliphatic rings. The molecule has 10 heteroatoms. The summed E-state index contributed by atoms with van der Waals surface area (Å²) in [7, 11) is 4.02. The lowest BCUT2D eigenvalue weighted by Crippen LogP contribution is -2.59. The third-order valence-electron chi connectivity index (χ3n) is 8.61. The van der Waals surface area contributed by atoms with Crippen LogP contribution in [0.2, 0.25) is 0 Å². The summed E-state index contributed by atoms with van der Waals surface area (Å²) in [6.07, 6.45) is 2.64. The monoisotopic (exact) mass is 596 g/mol. The van der Waals surface area contributed by atoms with Gasteiger partial charge in [0.05, 0.1) is 0 Å². The number of aromatic amines is 1. The number of fused-ring (bicyclic) bond motifs is 2. The molecule has 0 radical (unpaired) electrons. The van der Waals surface area contributed by atoms with Crippen molar-refractivity contribution >= 4 is 40.1 Å². The first-order chi connectivity index (χ1) is 21.2. The first-order valence-electron chi connectivity index (χ1n) is 14.9. The zero-order chi connectivity index (χ0) is 31.0. The zero-order valence-corrected chi connectivity index (χ0v) is 25.2. The summed E-state index contributed by atoms with van der Waals surface area (Å²) in [5, 5.41) is 4.02. The number of nitrogens with zero attached hydrogens (tertiary/aromatic N) is 4. The third kappa shape index (κ3) is 5.77. The molecule has 228 valence electrons. The lowest BCUT2D eigenvalue weighted by atomic mass is 9.91. The Morgan fingerprint density at radius 2 is 1.80 bits per heavy atom. The Morgan fingerprint density at radius 3 is 2.55 bits per heavy atom. The Bertz CT molecular complexity index is 1700. The number of nitrogens with one attached hydrogen (secondary N) is 2. The van der Waals surface area contributed by atoms with Crippen LogP contribution >= 0.6 is 0 Å². The number of para-hydroxylation sites is 1. The van der Waals surface area contributed by atoms with E-state index in [-0.39, 0.29) is 43.2 Å². The van der Waals surface area contributed by atoms with Gasteiger partial charge in [0.1, 0.15) is 18.4 Å². The third-order valence-corrected chi connectivity index (χ3v) is 8.61. The van der Waals surface area contributed by atoms with E-state index in [0.29, 0.717) is 12.2 Å². The highest BCUT2D eigenvalue weighted by Gasteiger charge is 2.38. The number of H-pyrrole nitrogens is 1. The van der Waals surface area contributed by atoms with Crippen molar-refractivity contribution in [2.75, 3.05) is 50.1 Å². The average molecular weight is 597 g/mol. The number of halogens is 1. The van der Waals surface area contributed by atoms with Crippen LogP contribution in [-0.2, 0) is 22.6 Å². The SMILES string of the molecule is C[C@H](c1c[nH]c2ccccc12)[C@@H](NC(=O)N1CCN(c2ccc(F)cc2)C(=O)C1)C(=O)N1CCc2ccc(CN(C)C)cc21. The van der Waals surface area contributed by atoms with E-state index in [4.69, 9.17) is 0 Å². The van der Waals surface area contributed by atoms with E-state index in [1.807, 2.05) is 51.5 Å². The van der Waals surface area contributed by atoms with E-state index < -0.39 is 12.1 Å². The largest absolute Gasteiger partial charge is 0.361 e. The second-order valence-electron chi connectivity index (χ2n) is 11.9. The summed E-state index contributed by atoms with van der Waals surface area (Å²) in [6, 6.07) is 18.5. The van der Waals surface area contributed by atoms with E-state index >= 15 is 0 Å². The molecule has 1 aromatic heterocycles. The zero-order valence-electron chi connectivity index (χ0n) is 25.2. The van der Waals surface area contributed by atoms with Crippen LogP contribution in [0.3, 0.4) is 0 Å². The summed E-state index contributed by atoms with van der Waals surface area (Å²) in [6.45, 7) is 3.63. The van der Waals surface area contributed by atoms with E-state index in [1.54, 1.807) is 21.9 Å². The van der Waals surface area contributed by atoms with Crippen molar-refractivity contribution in [3.63, 3.8) is 0 Å². The quantitative estimate of drug-likeness (QED) is 0.329. The number of anilines is 2. The summed E-state index contributed by atoms with van der Waals surface area (Å²) < 4.78 is 13.4. The van der Waals surface area contributed by atoms with Crippen molar-refractivity contribution in [3.05, 3.63) is 95.4 Å². The molecule has 2 N–H and O–H groups in total. The van der Waals surface area contributed by atoms with Gasteiger partial charge in [-0.3, -0.25) is 9.59 Å². The fourth-order valence-corrected chi connectivity index (χ4v) is 6.30. The molecule has 0 spiro atoms. The highest BCUT2D eigenvalue weighted by Crippen LogP contribution is 2.34. The molecule has 1 fully saturated rings. The second kappa shape index (κ2) is 12.1. The van der Waals surface area contributed by atoms with Gasteiger partial charge in [-0.2, -0.15) is 0 Å². The van der Waals surface area contributed by atoms with Crippen LogP contribution < -0.4 is 15.1 Å². The van der Waals surface area contributed by atoms with Crippen molar-refractivity contribution in [1.82, 2.24) is 20.1 Å². The minimum Gasteiger partial charge on any atom is -0.361 e. The van der Waals surface area contributed by atoms with Crippen LogP contribution in [0.1, 0.15) is 29.5 Å². The molecule has 0 bridgehead atoms. The van der Waals surface area contributed by atoms with Crippen molar-refractivity contribution < 1.29 is 18.8 Å². The first kappa shape index (κ1) is 29.4. The molecule has 4 aromatic rings. The molecule has 2 aliphatic heterocycles. The van der Waals surface area contributed by atoms with Crippen molar-refractivity contribution in [2.45, 2.75) is 31.8 Å². The number of aromatic nitrogens is 1. The van der Waals surface area contributed by atoms with Crippen LogP contribution in [0, 0.1) is 5.82 Å². The Balaban J connectivity index is 1.26. The lowest BCUT2D eigenvalue weighted by Gasteiger charge is -2.36. The number of carbonyl (C=O) groups is 3. The van der Waals surface area contributed by atoms with Crippen molar-refractivity contribution in [3.8, 4) is 0 Å². The second-order valence-corrected chi connectivity index (χ2v) is 11.9. The van der Waals surface area contributed by atoms with Gasteiger partial charge in [-0.15, -0.1) is 0 Å². The smallest absolute Gasteiger partial charge is 0.318 e. The fraction of sp³-hybridized carbons (Fsp3) is 0.324. The van der Waals surface area contributed by atoms with Gasteiger partial charge in [-0.05, 0) is 73.6 Å². The maximum atomic E-state index is 14.4. The van der Waals surface area contributed by atoms with E-state index in [1.165, 1.54) is 17.0 Å². The minimum atomic E-state index is -0.879. The molecule has 9 nitrogen and oxygen atoms in total. The number of rotatable bonds is 7. The summed E-state index contributed by atoms with van der Waals surface area (Å²) in [4.78, 5) is 51.4. The molecule has 1 saturated heterocycles. The molecule has 0 saturated carbocycles. The van der Waals surface area contributed by atoms with Gasteiger partial charge in [-0.1, -0.05) is 37.3 Å². The number of amides is 4. The number of carbonyl (C=O) groups excluding carboxylic acids is 3. The molecule has 3 aromatic carbocycles. The summed E-state index contributed by atoms with van der Waals surface area (Å²) in [5.74, 6) is -1.21. The van der Waals surface area contributed by atoms with Crippen LogP contribution in [0.5, 0.6) is 0 Å². The van der Waals surface area contributed by atoms with E-state index in [9.17, 15) is 18.8 Å². The molecule has 6 rings (SSSR count). The number of hydrogen-bond donors (Lipinski definition) is 2. The highest BCUT2D eigenvalue weighted by molar-refractivity contribution is 6.03. The first-order valence-corrected chi connectivity index (χ1v) is 14.9. The predicted octanol–water partition coefficient (Wildman–Crippen LogP) is 4.49. The van der Waals surface area contributed by atoms with Crippen LogP contribution in [0.25, 0.3) is 10.9 Å². The molecule has 3 heterocycles.